The molecular formula is C14H20N4O2S. The maximum absolute atomic E-state index is 10.8. The Bertz CT molecular complexity index is 640. The Labute approximate surface area is 128 Å². The minimum absolute atomic E-state index is 0.00115. The van der Waals surface area contributed by atoms with Crippen molar-refractivity contribution in [1.29, 1.82) is 0 Å². The van der Waals surface area contributed by atoms with Gasteiger partial charge in [0.1, 0.15) is 5.82 Å². The third-order valence-electron chi connectivity index (χ3n) is 3.13. The summed E-state index contributed by atoms with van der Waals surface area (Å²) in [5.41, 5.74) is 0.999. The second-order valence-corrected chi connectivity index (χ2v) is 6.84. The fourth-order valence-corrected chi connectivity index (χ4v) is 2.74. The number of hydrogen-bond acceptors (Lipinski definition) is 4. The Kier molecular flexibility index (Phi) is 4.41. The van der Waals surface area contributed by atoms with Gasteiger partial charge < -0.3 is 14.2 Å². The number of carboxylic acids is 1. The van der Waals surface area contributed by atoms with Gasteiger partial charge in [-0.1, -0.05) is 32.5 Å². The second-order valence-electron chi connectivity index (χ2n) is 5.90. The lowest BCUT2D eigenvalue weighted by Crippen LogP contribution is -2.20. The van der Waals surface area contributed by atoms with E-state index in [4.69, 9.17) is 5.11 Å². The molecule has 0 aromatic carbocycles. The van der Waals surface area contributed by atoms with Crippen molar-refractivity contribution in [3.63, 3.8) is 0 Å². The Hall–Kier alpha value is -1.76. The summed E-state index contributed by atoms with van der Waals surface area (Å²) in [7, 11) is 1.94. The molecule has 2 aromatic heterocycles. The van der Waals surface area contributed by atoms with Crippen LogP contribution < -0.4 is 0 Å². The molecule has 2 aromatic rings. The third-order valence-corrected chi connectivity index (χ3v) is 4.11. The molecule has 2 heterocycles. The second kappa shape index (κ2) is 5.93. The summed E-state index contributed by atoms with van der Waals surface area (Å²) in [6, 6.07) is 0. The molecule has 0 amide bonds. The molecule has 0 aliphatic carbocycles. The number of hydrogen-bond donors (Lipinski definition) is 1. The van der Waals surface area contributed by atoms with E-state index in [0.29, 0.717) is 11.7 Å². The number of imidazole rings is 2. The Morgan fingerprint density at radius 1 is 1.38 bits per heavy atom. The molecule has 0 saturated carbocycles. The van der Waals surface area contributed by atoms with E-state index in [0.717, 1.165) is 11.5 Å². The van der Waals surface area contributed by atoms with E-state index in [-0.39, 0.29) is 11.2 Å². The van der Waals surface area contributed by atoms with Crippen LogP contribution in [0.4, 0.5) is 0 Å². The predicted molar refractivity (Wildman–Crippen MR) is 81.6 cm³/mol. The summed E-state index contributed by atoms with van der Waals surface area (Å²) in [5, 5.41) is 9.57. The lowest BCUT2D eigenvalue weighted by molar-refractivity contribution is -0.133. The zero-order valence-electron chi connectivity index (χ0n) is 12.7. The van der Waals surface area contributed by atoms with Crippen molar-refractivity contribution in [2.24, 2.45) is 7.05 Å². The molecule has 0 radical (unpaired) electrons. The van der Waals surface area contributed by atoms with Gasteiger partial charge in [0.25, 0.3) is 0 Å². The average molecular weight is 308 g/mol. The van der Waals surface area contributed by atoms with Crippen molar-refractivity contribution in [2.45, 2.75) is 37.9 Å². The number of carbonyl (C=O) groups is 1. The molecule has 6 nitrogen and oxygen atoms in total. The first kappa shape index (κ1) is 15.6. The Morgan fingerprint density at radius 2 is 2.10 bits per heavy atom. The highest BCUT2D eigenvalue weighted by Crippen LogP contribution is 2.28. The van der Waals surface area contributed by atoms with Crippen LogP contribution in [0, 0.1) is 0 Å². The fourth-order valence-electron chi connectivity index (χ4n) is 2.04. The largest absolute Gasteiger partial charge is 0.481 e. The molecule has 0 fully saturated rings. The highest BCUT2D eigenvalue weighted by atomic mass is 32.2. The van der Waals surface area contributed by atoms with E-state index in [9.17, 15) is 4.79 Å². The highest BCUT2D eigenvalue weighted by molar-refractivity contribution is 7.99. The quantitative estimate of drug-likeness (QED) is 0.857. The van der Waals surface area contributed by atoms with Crippen LogP contribution in [-0.2, 0) is 23.8 Å². The molecule has 21 heavy (non-hydrogen) atoms. The topological polar surface area (TPSA) is 72.9 Å². The molecule has 1 N–H and O–H groups in total. The summed E-state index contributed by atoms with van der Waals surface area (Å²) < 4.78 is 4.01. The molecule has 7 heteroatoms. The van der Waals surface area contributed by atoms with Crippen molar-refractivity contribution < 1.29 is 9.90 Å². The number of nitrogens with zero attached hydrogens (tertiary/aromatic N) is 4. The van der Waals surface area contributed by atoms with Gasteiger partial charge in [-0.15, -0.1) is 0 Å². The minimum Gasteiger partial charge on any atom is -0.481 e. The first-order valence-corrected chi connectivity index (χ1v) is 7.64. The molecule has 0 bridgehead atoms. The van der Waals surface area contributed by atoms with Gasteiger partial charge in [0, 0.05) is 36.7 Å². The highest BCUT2D eigenvalue weighted by Gasteiger charge is 2.23. The maximum atomic E-state index is 10.8. The number of aromatic nitrogens is 4. The summed E-state index contributed by atoms with van der Waals surface area (Å²) in [4.78, 5) is 19.5. The smallest absolute Gasteiger partial charge is 0.313 e. The average Bonchev–Trinajstić information content (AvgIpc) is 2.94. The summed E-state index contributed by atoms with van der Waals surface area (Å²) >= 11 is 1.24. The molecular weight excluding hydrogens is 288 g/mol. The first-order chi connectivity index (χ1) is 9.79. The summed E-state index contributed by atoms with van der Waals surface area (Å²) in [5.74, 6) is 0.0702. The zero-order valence-corrected chi connectivity index (χ0v) is 13.5. The van der Waals surface area contributed by atoms with Crippen LogP contribution in [0.5, 0.6) is 0 Å². The van der Waals surface area contributed by atoms with Crippen LogP contribution in [-0.4, -0.2) is 35.9 Å². The number of thioether (sulfide) groups is 1. The minimum atomic E-state index is -0.844. The molecule has 0 aliphatic rings. The van der Waals surface area contributed by atoms with Crippen molar-refractivity contribution in [1.82, 2.24) is 19.1 Å². The third kappa shape index (κ3) is 3.66. The lowest BCUT2D eigenvalue weighted by Gasteiger charge is -2.21. The van der Waals surface area contributed by atoms with E-state index in [1.165, 1.54) is 11.8 Å². The van der Waals surface area contributed by atoms with Crippen LogP contribution in [0.1, 0.15) is 32.3 Å². The molecule has 0 atom stereocenters. The standard InChI is InChI=1S/C14H20N4O2S/c1-14(2,3)10-7-16-13(21-9-12(19)20)18(10)8-11-15-5-6-17(11)4/h5-7H,8-9H2,1-4H3,(H,19,20). The van der Waals surface area contributed by atoms with Crippen molar-refractivity contribution in [3.8, 4) is 0 Å². The van der Waals surface area contributed by atoms with E-state index < -0.39 is 5.97 Å². The van der Waals surface area contributed by atoms with Gasteiger partial charge in [-0.05, 0) is 0 Å². The van der Waals surface area contributed by atoms with E-state index >= 15 is 0 Å². The van der Waals surface area contributed by atoms with Gasteiger partial charge >= 0.3 is 5.97 Å². The Morgan fingerprint density at radius 3 is 2.62 bits per heavy atom. The lowest BCUT2D eigenvalue weighted by atomic mass is 9.92. The van der Waals surface area contributed by atoms with Crippen molar-refractivity contribution in [3.05, 3.63) is 30.1 Å². The zero-order chi connectivity index (χ0) is 15.6. The number of aryl methyl sites for hydroxylation is 1. The molecule has 2 rings (SSSR count). The maximum Gasteiger partial charge on any atom is 0.313 e. The molecule has 0 unspecified atom stereocenters. The van der Waals surface area contributed by atoms with Crippen LogP contribution in [0.2, 0.25) is 0 Å². The van der Waals surface area contributed by atoms with Crippen LogP contribution >= 0.6 is 11.8 Å². The fraction of sp³-hybridized carbons (Fsp3) is 0.500. The number of rotatable bonds is 5. The van der Waals surface area contributed by atoms with Crippen molar-refractivity contribution >= 4 is 17.7 Å². The number of carboxylic acid groups (broad SMARTS) is 1. The summed E-state index contributed by atoms with van der Waals surface area (Å²) in [6.45, 7) is 6.93. The number of aliphatic carboxylic acids is 1. The Balaban J connectivity index is 2.36. The van der Waals surface area contributed by atoms with E-state index in [2.05, 4.69) is 35.3 Å². The van der Waals surface area contributed by atoms with Gasteiger partial charge in [-0.2, -0.15) is 0 Å². The van der Waals surface area contributed by atoms with Crippen molar-refractivity contribution in [2.75, 3.05) is 5.75 Å². The van der Waals surface area contributed by atoms with Gasteiger partial charge in [-0.25, -0.2) is 9.97 Å². The molecule has 114 valence electrons. The first-order valence-electron chi connectivity index (χ1n) is 6.66. The van der Waals surface area contributed by atoms with Crippen LogP contribution in [0.15, 0.2) is 23.7 Å². The SMILES string of the molecule is Cn1ccnc1Cn1c(C(C)(C)C)cnc1SCC(=O)O. The monoisotopic (exact) mass is 308 g/mol. The molecule has 0 spiro atoms. The summed E-state index contributed by atoms with van der Waals surface area (Å²) in [6.07, 6.45) is 5.48. The van der Waals surface area contributed by atoms with E-state index in [1.54, 1.807) is 6.20 Å². The van der Waals surface area contributed by atoms with Crippen LogP contribution in [0.25, 0.3) is 0 Å². The molecule has 0 saturated heterocycles. The van der Waals surface area contributed by atoms with Crippen LogP contribution in [0.3, 0.4) is 0 Å². The normalized spacial score (nSPS) is 11.8. The predicted octanol–water partition coefficient (Wildman–Crippen LogP) is 2.14. The van der Waals surface area contributed by atoms with E-state index in [1.807, 2.05) is 24.0 Å². The van der Waals surface area contributed by atoms with Gasteiger partial charge in [0.05, 0.1) is 12.3 Å². The van der Waals surface area contributed by atoms with Gasteiger partial charge in [0.2, 0.25) is 0 Å². The molecule has 0 aliphatic heterocycles. The van der Waals surface area contributed by atoms with Gasteiger partial charge in [-0.3, -0.25) is 4.79 Å². The van der Waals surface area contributed by atoms with Gasteiger partial charge in [0.15, 0.2) is 5.16 Å².